The smallest absolute Gasteiger partial charge is 0.141 e. The first-order valence-corrected chi connectivity index (χ1v) is 13.6. The molecule has 0 spiro atoms. The highest BCUT2D eigenvalue weighted by Crippen LogP contribution is 2.16. The molecule has 0 unspecified atom stereocenters. The lowest BCUT2D eigenvalue weighted by Crippen LogP contribution is -2.17. The zero-order valence-corrected chi connectivity index (χ0v) is 15.2. The predicted molar refractivity (Wildman–Crippen MR) is 93.5 cm³/mol. The van der Waals surface area contributed by atoms with Crippen LogP contribution in [0.3, 0.4) is 0 Å². The molecule has 1 aromatic rings. The largest absolute Gasteiger partial charge is 0.383 e. The minimum atomic E-state index is -1.45. The van der Waals surface area contributed by atoms with Crippen LogP contribution in [0.5, 0.6) is 0 Å². The van der Waals surface area contributed by atoms with Gasteiger partial charge in [0.1, 0.15) is 27.8 Å². The topological polar surface area (TPSA) is 64.9 Å². The van der Waals surface area contributed by atoms with Crippen molar-refractivity contribution in [2.75, 3.05) is 11.5 Å². The predicted octanol–water partition coefficient (Wildman–Crippen LogP) is 2.70. The summed E-state index contributed by atoms with van der Waals surface area (Å²) in [5, 5.41) is 0. The maximum absolute atomic E-state index is 5.88. The molecule has 20 heavy (non-hydrogen) atoms. The first-order chi connectivity index (χ1) is 8.98. The maximum Gasteiger partial charge on any atom is 0.141 e. The van der Waals surface area contributed by atoms with Crippen molar-refractivity contribution >= 4 is 27.8 Å². The van der Waals surface area contributed by atoms with E-state index in [0.717, 1.165) is 11.1 Å². The molecule has 0 aliphatic rings. The Morgan fingerprint density at radius 2 is 1.15 bits per heavy atom. The second-order valence-electron chi connectivity index (χ2n) is 6.85. The highest BCUT2D eigenvalue weighted by molar-refractivity contribution is 6.84. The van der Waals surface area contributed by atoms with Crippen LogP contribution >= 0.6 is 0 Å². The molecule has 0 saturated heterocycles. The first-order valence-electron chi connectivity index (χ1n) is 6.60. The summed E-state index contributed by atoms with van der Waals surface area (Å²) in [5.41, 5.74) is 19.8. The van der Waals surface area contributed by atoms with E-state index in [0.29, 0.717) is 11.6 Å². The van der Waals surface area contributed by atoms with Crippen molar-refractivity contribution in [1.82, 2.24) is 4.98 Å². The molecule has 0 radical (unpaired) electrons. The number of rotatable bonds is 0. The van der Waals surface area contributed by atoms with Gasteiger partial charge in [-0.15, -0.1) is 11.1 Å². The van der Waals surface area contributed by atoms with Crippen LogP contribution in [0.15, 0.2) is 6.07 Å². The second-order valence-corrected chi connectivity index (χ2v) is 16.4. The van der Waals surface area contributed by atoms with E-state index in [1.54, 1.807) is 0 Å². The minimum Gasteiger partial charge on any atom is -0.383 e. The molecular formula is C15H23N3Si2. The average Bonchev–Trinajstić information content (AvgIpc) is 2.24. The van der Waals surface area contributed by atoms with Crippen molar-refractivity contribution < 1.29 is 0 Å². The van der Waals surface area contributed by atoms with E-state index in [1.807, 2.05) is 6.07 Å². The van der Waals surface area contributed by atoms with Gasteiger partial charge in [0.05, 0.1) is 11.1 Å². The fourth-order valence-corrected chi connectivity index (χ4v) is 2.27. The van der Waals surface area contributed by atoms with E-state index in [-0.39, 0.29) is 0 Å². The molecule has 1 rings (SSSR count). The van der Waals surface area contributed by atoms with Crippen LogP contribution in [0, 0.1) is 22.9 Å². The Bertz CT molecular complexity index is 577. The van der Waals surface area contributed by atoms with Gasteiger partial charge >= 0.3 is 0 Å². The Labute approximate surface area is 124 Å². The molecule has 0 aliphatic carbocycles. The lowest BCUT2D eigenvalue weighted by Gasteiger charge is -2.07. The zero-order valence-electron chi connectivity index (χ0n) is 13.2. The van der Waals surface area contributed by atoms with E-state index >= 15 is 0 Å². The summed E-state index contributed by atoms with van der Waals surface area (Å²) in [5.74, 6) is 7.02. The minimum absolute atomic E-state index is 0.381. The molecule has 0 aliphatic heterocycles. The fourth-order valence-electron chi connectivity index (χ4n) is 1.25. The van der Waals surface area contributed by atoms with Crippen LogP contribution in [-0.2, 0) is 0 Å². The van der Waals surface area contributed by atoms with Crippen molar-refractivity contribution in [1.29, 1.82) is 0 Å². The monoisotopic (exact) mass is 301 g/mol. The molecular weight excluding hydrogens is 278 g/mol. The summed E-state index contributed by atoms with van der Waals surface area (Å²) < 4.78 is 0. The number of hydrogen-bond acceptors (Lipinski definition) is 3. The van der Waals surface area contributed by atoms with Crippen molar-refractivity contribution in [3.63, 3.8) is 0 Å². The third-order valence-corrected chi connectivity index (χ3v) is 3.98. The number of nitrogen functional groups attached to an aromatic ring is 2. The van der Waals surface area contributed by atoms with Gasteiger partial charge in [-0.2, -0.15) is 0 Å². The molecule has 3 nitrogen and oxygen atoms in total. The van der Waals surface area contributed by atoms with Gasteiger partial charge in [-0.1, -0.05) is 51.1 Å². The number of anilines is 2. The highest BCUT2D eigenvalue weighted by Gasteiger charge is 2.11. The van der Waals surface area contributed by atoms with Gasteiger partial charge in [-0.3, -0.25) is 0 Å². The number of nitrogens with two attached hydrogens (primary N) is 2. The Kier molecular flexibility index (Phi) is 4.70. The van der Waals surface area contributed by atoms with E-state index in [9.17, 15) is 0 Å². The standard InChI is InChI=1S/C15H23N3Si2/c1-19(2,3)9-7-12-11-13(8-10-20(4,5)6)15(17)18-14(12)16/h11H,1-6H3,(H4,16,17,18). The Balaban J connectivity index is 3.28. The van der Waals surface area contributed by atoms with E-state index < -0.39 is 16.1 Å². The number of hydrogen-bond donors (Lipinski definition) is 2. The maximum atomic E-state index is 5.88. The van der Waals surface area contributed by atoms with Crippen molar-refractivity contribution in [3.05, 3.63) is 17.2 Å². The summed E-state index contributed by atoms with van der Waals surface area (Å²) in [6.45, 7) is 13.1. The Morgan fingerprint density at radius 1 is 0.800 bits per heavy atom. The Morgan fingerprint density at radius 3 is 1.45 bits per heavy atom. The average molecular weight is 302 g/mol. The van der Waals surface area contributed by atoms with Gasteiger partial charge in [0.25, 0.3) is 0 Å². The Hall–Kier alpha value is -1.70. The molecule has 1 aromatic heterocycles. The summed E-state index contributed by atoms with van der Waals surface area (Å²) in [6.07, 6.45) is 0. The van der Waals surface area contributed by atoms with Gasteiger partial charge < -0.3 is 11.5 Å². The summed E-state index contributed by atoms with van der Waals surface area (Å²) in [4.78, 5) is 4.16. The van der Waals surface area contributed by atoms with Crippen LogP contribution < -0.4 is 11.5 Å². The lowest BCUT2D eigenvalue weighted by molar-refractivity contribution is 1.32. The first kappa shape index (κ1) is 16.4. The third kappa shape index (κ3) is 5.52. The van der Waals surface area contributed by atoms with Gasteiger partial charge in [0.2, 0.25) is 0 Å². The van der Waals surface area contributed by atoms with E-state index in [4.69, 9.17) is 11.5 Å². The molecule has 0 atom stereocenters. The van der Waals surface area contributed by atoms with Gasteiger partial charge in [0.15, 0.2) is 0 Å². The fraction of sp³-hybridized carbons (Fsp3) is 0.400. The second kappa shape index (κ2) is 5.74. The molecule has 106 valence electrons. The molecule has 0 bridgehead atoms. The summed E-state index contributed by atoms with van der Waals surface area (Å²) >= 11 is 0. The summed E-state index contributed by atoms with van der Waals surface area (Å²) in [6, 6.07) is 1.86. The van der Waals surface area contributed by atoms with E-state index in [2.05, 4.69) is 67.2 Å². The van der Waals surface area contributed by atoms with Crippen LogP contribution in [0.25, 0.3) is 0 Å². The molecule has 0 saturated carbocycles. The third-order valence-electron chi connectivity index (χ3n) is 2.23. The van der Waals surface area contributed by atoms with Crippen LogP contribution in [-0.4, -0.2) is 21.1 Å². The van der Waals surface area contributed by atoms with Gasteiger partial charge in [-0.05, 0) is 6.07 Å². The molecule has 0 amide bonds. The normalized spacial score (nSPS) is 11.1. The molecule has 0 fully saturated rings. The molecule has 4 N–H and O–H groups in total. The van der Waals surface area contributed by atoms with Crippen molar-refractivity contribution in [2.45, 2.75) is 39.3 Å². The molecule has 1 heterocycles. The van der Waals surface area contributed by atoms with Crippen LogP contribution in [0.1, 0.15) is 11.1 Å². The SMILES string of the molecule is C[Si](C)(C)C#Cc1cc(C#C[Si](C)(C)C)c(N)nc1N. The number of aromatic nitrogens is 1. The number of pyridine rings is 1. The van der Waals surface area contributed by atoms with E-state index in [1.165, 1.54) is 0 Å². The van der Waals surface area contributed by atoms with Gasteiger partial charge in [-0.25, -0.2) is 4.98 Å². The van der Waals surface area contributed by atoms with Crippen molar-refractivity contribution in [3.8, 4) is 22.9 Å². The van der Waals surface area contributed by atoms with Crippen molar-refractivity contribution in [2.24, 2.45) is 0 Å². The van der Waals surface area contributed by atoms with Crippen LogP contribution in [0.2, 0.25) is 39.3 Å². The lowest BCUT2D eigenvalue weighted by atomic mass is 10.2. The molecule has 5 heteroatoms. The quantitative estimate of drug-likeness (QED) is 0.572. The van der Waals surface area contributed by atoms with Gasteiger partial charge in [0, 0.05) is 0 Å². The number of nitrogens with zero attached hydrogens (tertiary/aromatic N) is 1. The highest BCUT2D eigenvalue weighted by atomic mass is 28.3. The molecule has 0 aromatic carbocycles. The zero-order chi connectivity index (χ0) is 15.6. The summed E-state index contributed by atoms with van der Waals surface area (Å²) in [7, 11) is -2.89. The van der Waals surface area contributed by atoms with Crippen LogP contribution in [0.4, 0.5) is 11.6 Å².